The summed E-state index contributed by atoms with van der Waals surface area (Å²) in [6.45, 7) is 6.51. The van der Waals surface area contributed by atoms with Gasteiger partial charge in [0.25, 0.3) is 0 Å². The van der Waals surface area contributed by atoms with Gasteiger partial charge in [-0.2, -0.15) is 0 Å². The van der Waals surface area contributed by atoms with Gasteiger partial charge in [-0.05, 0) is 31.2 Å². The van der Waals surface area contributed by atoms with E-state index in [1.807, 2.05) is 17.8 Å². The zero-order valence-corrected chi connectivity index (χ0v) is 13.7. The van der Waals surface area contributed by atoms with Gasteiger partial charge in [0.2, 0.25) is 0 Å². The molecule has 0 saturated heterocycles. The number of rotatable bonds is 8. The van der Waals surface area contributed by atoms with Crippen molar-refractivity contribution in [3.05, 3.63) is 18.2 Å². The highest BCUT2D eigenvalue weighted by Gasteiger charge is 2.12. The monoisotopic (exact) mass is 311 g/mol. The number of methoxy groups -OCH3 is 1. The molecule has 4 nitrogen and oxygen atoms in total. The molecule has 0 spiro atoms. The van der Waals surface area contributed by atoms with Crippen LogP contribution in [0, 0.1) is 0 Å². The van der Waals surface area contributed by atoms with E-state index in [4.69, 9.17) is 14.2 Å². The zero-order valence-electron chi connectivity index (χ0n) is 12.9. The molecule has 0 saturated carbocycles. The Labute approximate surface area is 131 Å². The fraction of sp³-hybridized carbons (Fsp3) is 0.625. The Balaban J connectivity index is 1.78. The van der Waals surface area contributed by atoms with Crippen LogP contribution in [0.3, 0.4) is 0 Å². The van der Waals surface area contributed by atoms with Crippen molar-refractivity contribution in [1.29, 1.82) is 0 Å². The summed E-state index contributed by atoms with van der Waals surface area (Å²) in [7, 11) is 1.74. The van der Waals surface area contributed by atoms with E-state index in [9.17, 15) is 0 Å². The molecule has 0 aromatic heterocycles. The van der Waals surface area contributed by atoms with E-state index < -0.39 is 0 Å². The zero-order chi connectivity index (χ0) is 14.9. The largest absolute Gasteiger partial charge is 0.490 e. The van der Waals surface area contributed by atoms with Gasteiger partial charge < -0.3 is 19.5 Å². The fourth-order valence-corrected chi connectivity index (χ4v) is 3.13. The molecule has 1 atom stereocenters. The number of nitrogens with one attached hydrogen (secondary N) is 1. The molecule has 1 unspecified atom stereocenters. The topological polar surface area (TPSA) is 39.7 Å². The van der Waals surface area contributed by atoms with Gasteiger partial charge in [0.1, 0.15) is 0 Å². The molecule has 1 heterocycles. The van der Waals surface area contributed by atoms with Gasteiger partial charge >= 0.3 is 0 Å². The average molecular weight is 311 g/mol. The van der Waals surface area contributed by atoms with Crippen molar-refractivity contribution in [3.63, 3.8) is 0 Å². The first-order valence-electron chi connectivity index (χ1n) is 7.55. The predicted molar refractivity (Wildman–Crippen MR) is 86.7 cm³/mol. The molecule has 1 aliphatic heterocycles. The van der Waals surface area contributed by atoms with E-state index in [-0.39, 0.29) is 0 Å². The van der Waals surface area contributed by atoms with Gasteiger partial charge in [-0.3, -0.25) is 0 Å². The fourth-order valence-electron chi connectivity index (χ4n) is 2.14. The Bertz CT molecular complexity index is 428. The van der Waals surface area contributed by atoms with E-state index >= 15 is 0 Å². The van der Waals surface area contributed by atoms with Crippen LogP contribution < -0.4 is 14.8 Å². The lowest BCUT2D eigenvalue weighted by atomic mass is 10.3. The Morgan fingerprint density at radius 3 is 2.90 bits per heavy atom. The minimum absolute atomic E-state index is 0.511. The Kier molecular flexibility index (Phi) is 7.19. The van der Waals surface area contributed by atoms with E-state index in [0.29, 0.717) is 5.25 Å². The number of hydrogen-bond donors (Lipinski definition) is 1. The summed E-state index contributed by atoms with van der Waals surface area (Å²) < 4.78 is 16.4. The Morgan fingerprint density at radius 2 is 2.10 bits per heavy atom. The van der Waals surface area contributed by atoms with Crippen LogP contribution in [0.2, 0.25) is 0 Å². The molecule has 0 radical (unpaired) electrons. The highest BCUT2D eigenvalue weighted by Crippen LogP contribution is 2.35. The van der Waals surface area contributed by atoms with Crippen LogP contribution in [0.15, 0.2) is 23.1 Å². The summed E-state index contributed by atoms with van der Waals surface area (Å²) in [6.07, 6.45) is 2.00. The summed E-state index contributed by atoms with van der Waals surface area (Å²) in [5.41, 5.74) is 0. The van der Waals surface area contributed by atoms with Crippen molar-refractivity contribution in [2.45, 2.75) is 29.9 Å². The quantitative estimate of drug-likeness (QED) is 0.590. The highest BCUT2D eigenvalue weighted by molar-refractivity contribution is 8.00. The third-order valence-corrected chi connectivity index (χ3v) is 4.29. The van der Waals surface area contributed by atoms with E-state index in [1.54, 1.807) is 7.11 Å². The number of fused-ring (bicyclic) bond motifs is 1. The summed E-state index contributed by atoms with van der Waals surface area (Å²) in [5.74, 6) is 1.74. The maximum Gasteiger partial charge on any atom is 0.162 e. The third kappa shape index (κ3) is 5.77. The van der Waals surface area contributed by atoms with Crippen LogP contribution in [0.4, 0.5) is 0 Å². The molecule has 118 valence electrons. The maximum atomic E-state index is 5.73. The number of thioether (sulfide) groups is 1. The van der Waals surface area contributed by atoms with Crippen molar-refractivity contribution >= 4 is 11.8 Å². The summed E-state index contributed by atoms with van der Waals surface area (Å²) in [5, 5.41) is 3.97. The standard InChI is InChI=1S/C16H25NO3S/c1-13(12-17-7-3-8-18-2)21-14-5-6-15-16(11-14)20-10-4-9-19-15/h5-6,11,13,17H,3-4,7-10,12H2,1-2H3. The minimum Gasteiger partial charge on any atom is -0.490 e. The predicted octanol–water partition coefficient (Wildman–Crippen LogP) is 2.95. The van der Waals surface area contributed by atoms with Crippen molar-refractivity contribution in [2.24, 2.45) is 0 Å². The molecule has 1 aromatic rings. The second kappa shape index (κ2) is 9.18. The number of hydrogen-bond acceptors (Lipinski definition) is 5. The minimum atomic E-state index is 0.511. The molecule has 21 heavy (non-hydrogen) atoms. The molecule has 1 N–H and O–H groups in total. The first-order chi connectivity index (χ1) is 10.3. The molecule has 1 aliphatic rings. The highest BCUT2D eigenvalue weighted by atomic mass is 32.2. The van der Waals surface area contributed by atoms with Crippen LogP contribution in [0.5, 0.6) is 11.5 Å². The van der Waals surface area contributed by atoms with Gasteiger partial charge in [-0.1, -0.05) is 6.92 Å². The molecular weight excluding hydrogens is 286 g/mol. The maximum absolute atomic E-state index is 5.73. The Morgan fingerprint density at radius 1 is 1.29 bits per heavy atom. The molecular formula is C16H25NO3S. The third-order valence-electron chi connectivity index (χ3n) is 3.19. The van der Waals surface area contributed by atoms with Crippen LogP contribution in [0.25, 0.3) is 0 Å². The van der Waals surface area contributed by atoms with Crippen molar-refractivity contribution in [1.82, 2.24) is 5.32 Å². The molecule has 5 heteroatoms. The summed E-state index contributed by atoms with van der Waals surface area (Å²) in [6, 6.07) is 6.22. The number of ether oxygens (including phenoxy) is 3. The molecule has 1 aromatic carbocycles. The van der Waals surface area contributed by atoms with Crippen LogP contribution in [0.1, 0.15) is 19.8 Å². The second-order valence-corrected chi connectivity index (χ2v) is 6.65. The SMILES string of the molecule is COCCCNCC(C)Sc1ccc2c(c1)OCCCO2. The lowest BCUT2D eigenvalue weighted by molar-refractivity contribution is 0.194. The molecule has 2 rings (SSSR count). The van der Waals surface area contributed by atoms with Crippen LogP contribution in [-0.2, 0) is 4.74 Å². The average Bonchev–Trinajstić information content (AvgIpc) is 2.72. The van der Waals surface area contributed by atoms with Gasteiger partial charge in [-0.15, -0.1) is 11.8 Å². The summed E-state index contributed by atoms with van der Waals surface area (Å²) in [4.78, 5) is 1.23. The lowest BCUT2D eigenvalue weighted by Gasteiger charge is -2.14. The van der Waals surface area contributed by atoms with Gasteiger partial charge in [0, 0.05) is 36.8 Å². The first-order valence-corrected chi connectivity index (χ1v) is 8.43. The van der Waals surface area contributed by atoms with Crippen molar-refractivity contribution < 1.29 is 14.2 Å². The van der Waals surface area contributed by atoms with E-state index in [0.717, 1.165) is 57.3 Å². The lowest BCUT2D eigenvalue weighted by Crippen LogP contribution is -2.24. The van der Waals surface area contributed by atoms with E-state index in [1.165, 1.54) is 4.90 Å². The van der Waals surface area contributed by atoms with Crippen LogP contribution >= 0.6 is 11.8 Å². The van der Waals surface area contributed by atoms with Crippen LogP contribution in [-0.4, -0.2) is 45.3 Å². The summed E-state index contributed by atoms with van der Waals surface area (Å²) >= 11 is 1.86. The smallest absolute Gasteiger partial charge is 0.162 e. The first kappa shape index (κ1) is 16.5. The van der Waals surface area contributed by atoms with E-state index in [2.05, 4.69) is 24.4 Å². The molecule has 0 aliphatic carbocycles. The van der Waals surface area contributed by atoms with Gasteiger partial charge in [0.15, 0.2) is 11.5 Å². The number of benzene rings is 1. The van der Waals surface area contributed by atoms with Gasteiger partial charge in [-0.25, -0.2) is 0 Å². The normalized spacial score (nSPS) is 15.5. The van der Waals surface area contributed by atoms with Gasteiger partial charge in [0.05, 0.1) is 13.2 Å². The second-order valence-electron chi connectivity index (χ2n) is 5.14. The molecule has 0 fully saturated rings. The van der Waals surface area contributed by atoms with Crippen molar-refractivity contribution in [2.75, 3.05) is 40.0 Å². The Hall–Kier alpha value is -0.910. The molecule has 0 amide bonds. The molecule has 0 bridgehead atoms. The van der Waals surface area contributed by atoms with Crippen molar-refractivity contribution in [3.8, 4) is 11.5 Å².